The molecule has 1 atom stereocenters. The topological polar surface area (TPSA) is 74.8 Å². The van der Waals surface area contributed by atoms with E-state index in [2.05, 4.69) is 0 Å². The van der Waals surface area contributed by atoms with Gasteiger partial charge in [-0.3, -0.25) is 14.5 Å². The molecule has 1 spiro atoms. The maximum absolute atomic E-state index is 14.0. The number of fused-ring (bicyclic) bond motifs is 2. The van der Waals surface area contributed by atoms with Crippen LogP contribution in [0.2, 0.25) is 5.02 Å². The molecule has 0 bridgehead atoms. The van der Waals surface area contributed by atoms with Gasteiger partial charge in [-0.15, -0.1) is 0 Å². The first-order chi connectivity index (χ1) is 15.3. The van der Waals surface area contributed by atoms with Gasteiger partial charge < -0.3 is 4.90 Å². The molecule has 3 aromatic rings. The van der Waals surface area contributed by atoms with Crippen molar-refractivity contribution in [1.82, 2.24) is 0 Å². The second-order valence-electron chi connectivity index (χ2n) is 7.97. The predicted molar refractivity (Wildman–Crippen MR) is 123 cm³/mol. The molecule has 2 aliphatic rings. The van der Waals surface area contributed by atoms with E-state index in [0.29, 0.717) is 22.0 Å². The summed E-state index contributed by atoms with van der Waals surface area (Å²) >= 11 is 6.33. The van der Waals surface area contributed by atoms with Gasteiger partial charge in [0.2, 0.25) is 5.91 Å². The standard InChI is InChI=1S/C24H19ClN2O4S/c1-16-10-12-18(13-11-16)27-22(28)15-32(30,31)24(27)19-7-3-5-9-21(19)26(23(24)29)14-17-6-2-4-8-20(17)25/h2-13H,14-15H2,1H3/t24-/m0/s1. The van der Waals surface area contributed by atoms with E-state index < -0.39 is 32.3 Å². The van der Waals surface area contributed by atoms with Crippen LogP contribution in [-0.2, 0) is 30.8 Å². The van der Waals surface area contributed by atoms with Crippen molar-refractivity contribution in [3.8, 4) is 0 Å². The number of hydrogen-bond donors (Lipinski definition) is 0. The number of anilines is 2. The molecule has 0 saturated carbocycles. The van der Waals surface area contributed by atoms with E-state index in [4.69, 9.17) is 11.6 Å². The molecule has 5 rings (SSSR count). The minimum absolute atomic E-state index is 0.0860. The lowest BCUT2D eigenvalue weighted by molar-refractivity contribution is -0.123. The average molecular weight is 467 g/mol. The van der Waals surface area contributed by atoms with E-state index in [1.54, 1.807) is 72.8 Å². The molecule has 0 aromatic heterocycles. The monoisotopic (exact) mass is 466 g/mol. The van der Waals surface area contributed by atoms with Crippen LogP contribution in [0.15, 0.2) is 72.8 Å². The van der Waals surface area contributed by atoms with Crippen LogP contribution in [-0.4, -0.2) is 26.0 Å². The number of amides is 2. The molecule has 32 heavy (non-hydrogen) atoms. The number of benzene rings is 3. The highest BCUT2D eigenvalue weighted by Gasteiger charge is 2.69. The fourth-order valence-electron chi connectivity index (χ4n) is 4.54. The molecule has 0 aliphatic carbocycles. The lowest BCUT2D eigenvalue weighted by Crippen LogP contribution is -2.54. The van der Waals surface area contributed by atoms with E-state index >= 15 is 0 Å². The lowest BCUT2D eigenvalue weighted by Gasteiger charge is -2.32. The molecule has 162 valence electrons. The summed E-state index contributed by atoms with van der Waals surface area (Å²) in [6.45, 7) is 1.98. The fourth-order valence-corrected chi connectivity index (χ4v) is 6.77. The van der Waals surface area contributed by atoms with Gasteiger partial charge in [0.15, 0.2) is 9.84 Å². The Morgan fingerprint density at radius 3 is 2.31 bits per heavy atom. The molecular formula is C24H19ClN2O4S. The molecule has 6 nitrogen and oxygen atoms in total. The Hall–Kier alpha value is -3.16. The Balaban J connectivity index is 1.74. The molecule has 3 aromatic carbocycles. The number of rotatable bonds is 3. The minimum Gasteiger partial charge on any atom is -0.304 e. The van der Waals surface area contributed by atoms with Gasteiger partial charge in [0.25, 0.3) is 10.8 Å². The molecule has 2 amide bonds. The average Bonchev–Trinajstić information content (AvgIpc) is 3.13. The maximum Gasteiger partial charge on any atom is 0.274 e. The van der Waals surface area contributed by atoms with Crippen molar-refractivity contribution in [3.63, 3.8) is 0 Å². The summed E-state index contributed by atoms with van der Waals surface area (Å²) < 4.78 is 27.1. The van der Waals surface area contributed by atoms with Crippen molar-refractivity contribution in [2.24, 2.45) is 0 Å². The zero-order valence-corrected chi connectivity index (χ0v) is 18.7. The van der Waals surface area contributed by atoms with Crippen molar-refractivity contribution in [3.05, 3.63) is 94.5 Å². The molecule has 0 unspecified atom stereocenters. The zero-order valence-electron chi connectivity index (χ0n) is 17.2. The Morgan fingerprint density at radius 2 is 1.59 bits per heavy atom. The number of carbonyl (C=O) groups excluding carboxylic acids is 2. The van der Waals surface area contributed by atoms with Crippen LogP contribution < -0.4 is 9.80 Å². The van der Waals surface area contributed by atoms with Crippen molar-refractivity contribution in [1.29, 1.82) is 0 Å². The Morgan fingerprint density at radius 1 is 0.938 bits per heavy atom. The van der Waals surface area contributed by atoms with Crippen molar-refractivity contribution < 1.29 is 18.0 Å². The second kappa shape index (κ2) is 7.18. The molecular weight excluding hydrogens is 448 g/mol. The quantitative estimate of drug-likeness (QED) is 0.588. The van der Waals surface area contributed by atoms with Gasteiger partial charge in [0.1, 0.15) is 5.75 Å². The number of halogens is 1. The van der Waals surface area contributed by atoms with E-state index in [9.17, 15) is 18.0 Å². The van der Waals surface area contributed by atoms with Gasteiger partial charge in [-0.2, -0.15) is 0 Å². The minimum atomic E-state index is -4.19. The molecule has 2 aliphatic heterocycles. The van der Waals surface area contributed by atoms with Gasteiger partial charge in [-0.1, -0.05) is 65.7 Å². The van der Waals surface area contributed by atoms with Crippen molar-refractivity contribution in [2.45, 2.75) is 18.3 Å². The number of para-hydroxylation sites is 1. The summed E-state index contributed by atoms with van der Waals surface area (Å²) in [5, 5.41) is 0.472. The van der Waals surface area contributed by atoms with E-state index in [-0.39, 0.29) is 12.1 Å². The largest absolute Gasteiger partial charge is 0.304 e. The van der Waals surface area contributed by atoms with E-state index in [0.717, 1.165) is 10.5 Å². The number of hydrogen-bond acceptors (Lipinski definition) is 4. The van der Waals surface area contributed by atoms with Crippen LogP contribution in [0.3, 0.4) is 0 Å². The number of sulfone groups is 1. The normalized spacial score (nSPS) is 21.4. The fraction of sp³-hybridized carbons (Fsp3) is 0.167. The molecule has 8 heteroatoms. The Labute approximate surface area is 190 Å². The molecule has 0 N–H and O–H groups in total. The summed E-state index contributed by atoms with van der Waals surface area (Å²) in [5.41, 5.74) is 2.73. The van der Waals surface area contributed by atoms with Gasteiger partial charge in [-0.25, -0.2) is 8.42 Å². The van der Waals surface area contributed by atoms with Gasteiger partial charge in [0, 0.05) is 16.3 Å². The van der Waals surface area contributed by atoms with Crippen LogP contribution in [0.25, 0.3) is 0 Å². The Bertz CT molecular complexity index is 1370. The predicted octanol–water partition coefficient (Wildman–Crippen LogP) is 3.81. The summed E-state index contributed by atoms with van der Waals surface area (Å²) in [4.78, 5) is 27.5. The Kier molecular flexibility index (Phi) is 4.65. The smallest absolute Gasteiger partial charge is 0.274 e. The maximum atomic E-state index is 14.0. The molecule has 0 radical (unpaired) electrons. The first kappa shape index (κ1) is 20.7. The highest BCUT2D eigenvalue weighted by Crippen LogP contribution is 2.52. The highest BCUT2D eigenvalue weighted by molar-refractivity contribution is 7.94. The first-order valence-corrected chi connectivity index (χ1v) is 12.1. The summed E-state index contributed by atoms with van der Waals surface area (Å²) in [6.07, 6.45) is 0. The zero-order chi connectivity index (χ0) is 22.7. The third kappa shape index (κ3) is 2.74. The molecule has 2 heterocycles. The molecule has 1 saturated heterocycles. The van der Waals surface area contributed by atoms with Gasteiger partial charge >= 0.3 is 0 Å². The van der Waals surface area contributed by atoms with Crippen LogP contribution in [0.5, 0.6) is 0 Å². The second-order valence-corrected chi connectivity index (χ2v) is 10.5. The SMILES string of the molecule is Cc1ccc(N2C(=O)CS(=O)(=O)[C@@]23C(=O)N(Cc2ccccc2Cl)c2ccccc23)cc1. The number of aryl methyl sites for hydroxylation is 1. The van der Waals surface area contributed by atoms with Crippen LogP contribution in [0.1, 0.15) is 16.7 Å². The molecule has 1 fully saturated rings. The van der Waals surface area contributed by atoms with Crippen molar-refractivity contribution in [2.75, 3.05) is 15.6 Å². The highest BCUT2D eigenvalue weighted by atomic mass is 35.5. The van der Waals surface area contributed by atoms with Gasteiger partial charge in [-0.05, 0) is 36.8 Å². The number of carbonyl (C=O) groups is 2. The van der Waals surface area contributed by atoms with E-state index in [1.165, 1.54) is 4.90 Å². The van der Waals surface area contributed by atoms with Gasteiger partial charge in [0.05, 0.1) is 12.2 Å². The summed E-state index contributed by atoms with van der Waals surface area (Å²) in [6, 6.07) is 20.7. The number of nitrogens with zero attached hydrogens (tertiary/aromatic N) is 2. The van der Waals surface area contributed by atoms with Crippen LogP contribution in [0, 0.1) is 6.92 Å². The third-order valence-electron chi connectivity index (χ3n) is 6.00. The van der Waals surface area contributed by atoms with Crippen molar-refractivity contribution >= 4 is 44.6 Å². The summed E-state index contributed by atoms with van der Waals surface area (Å²) in [7, 11) is -4.19. The third-order valence-corrected chi connectivity index (χ3v) is 8.47. The van der Waals surface area contributed by atoms with Crippen LogP contribution in [0.4, 0.5) is 11.4 Å². The van der Waals surface area contributed by atoms with Crippen LogP contribution >= 0.6 is 11.6 Å². The van der Waals surface area contributed by atoms with E-state index in [1.807, 2.05) is 6.92 Å². The lowest BCUT2D eigenvalue weighted by atomic mass is 10.0. The first-order valence-electron chi connectivity index (χ1n) is 10.0. The summed E-state index contributed by atoms with van der Waals surface area (Å²) in [5.74, 6) is -2.04.